The second kappa shape index (κ2) is 7.49. The van der Waals surface area contributed by atoms with E-state index in [0.717, 1.165) is 19.0 Å². The molecule has 1 aliphatic rings. The van der Waals surface area contributed by atoms with Crippen LogP contribution in [0.2, 0.25) is 0 Å². The number of para-hydroxylation sites is 1. The molecule has 2 rings (SSSR count). The molecule has 2 nitrogen and oxygen atoms in total. The summed E-state index contributed by atoms with van der Waals surface area (Å²) in [5.74, 6) is 0.744. The lowest BCUT2D eigenvalue weighted by Crippen LogP contribution is -2.30. The molecular formula is C16H25FN2. The van der Waals surface area contributed by atoms with Gasteiger partial charge in [-0.1, -0.05) is 25.5 Å². The molecule has 3 heteroatoms. The predicted octanol–water partition coefficient (Wildman–Crippen LogP) is 3.75. The van der Waals surface area contributed by atoms with E-state index in [2.05, 4.69) is 17.1 Å². The molecule has 0 saturated carbocycles. The fraction of sp³-hybridized carbons (Fsp3) is 0.625. The Hall–Kier alpha value is -1.09. The monoisotopic (exact) mass is 264 g/mol. The Labute approximate surface area is 116 Å². The Bertz CT molecular complexity index is 381. The Balaban J connectivity index is 1.72. The predicted molar refractivity (Wildman–Crippen MR) is 79.0 cm³/mol. The van der Waals surface area contributed by atoms with Gasteiger partial charge in [-0.2, -0.15) is 0 Å². The molecule has 1 aromatic carbocycles. The number of hydrogen-bond donors (Lipinski definition) is 1. The Kier molecular flexibility index (Phi) is 5.64. The Morgan fingerprint density at radius 3 is 2.89 bits per heavy atom. The van der Waals surface area contributed by atoms with Gasteiger partial charge in [0.2, 0.25) is 0 Å². The molecule has 1 N–H and O–H groups in total. The topological polar surface area (TPSA) is 15.3 Å². The molecule has 1 atom stereocenters. The van der Waals surface area contributed by atoms with Crippen molar-refractivity contribution < 1.29 is 4.39 Å². The molecule has 1 saturated heterocycles. The van der Waals surface area contributed by atoms with Crippen LogP contribution < -0.4 is 5.32 Å². The number of benzene rings is 1. The van der Waals surface area contributed by atoms with Gasteiger partial charge in [-0.3, -0.25) is 0 Å². The highest BCUT2D eigenvalue weighted by molar-refractivity contribution is 5.44. The van der Waals surface area contributed by atoms with Crippen molar-refractivity contribution in [2.75, 3.05) is 31.5 Å². The maximum Gasteiger partial charge on any atom is 0.146 e. The van der Waals surface area contributed by atoms with Gasteiger partial charge >= 0.3 is 0 Å². The average molecular weight is 264 g/mol. The molecular weight excluding hydrogens is 239 g/mol. The van der Waals surface area contributed by atoms with Crippen LogP contribution in [0.15, 0.2) is 24.3 Å². The highest BCUT2D eigenvalue weighted by Crippen LogP contribution is 2.20. The lowest BCUT2D eigenvalue weighted by atomic mass is 9.98. The van der Waals surface area contributed by atoms with E-state index in [0.29, 0.717) is 5.69 Å². The van der Waals surface area contributed by atoms with Crippen LogP contribution in [0.3, 0.4) is 0 Å². The lowest BCUT2D eigenvalue weighted by Gasteiger charge is -2.20. The molecule has 1 unspecified atom stereocenters. The molecule has 0 aliphatic carbocycles. The van der Waals surface area contributed by atoms with E-state index in [-0.39, 0.29) is 5.82 Å². The Morgan fingerprint density at radius 2 is 2.11 bits per heavy atom. The van der Waals surface area contributed by atoms with E-state index in [1.54, 1.807) is 12.1 Å². The summed E-state index contributed by atoms with van der Waals surface area (Å²) in [7, 11) is 0. The van der Waals surface area contributed by atoms with Crippen LogP contribution in [0.5, 0.6) is 0 Å². The number of hydrogen-bond acceptors (Lipinski definition) is 2. The van der Waals surface area contributed by atoms with Crippen molar-refractivity contribution in [2.24, 2.45) is 5.92 Å². The highest BCUT2D eigenvalue weighted by Gasteiger charge is 2.15. The smallest absolute Gasteiger partial charge is 0.146 e. The third kappa shape index (κ3) is 4.50. The summed E-state index contributed by atoms with van der Waals surface area (Å²) in [6.45, 7) is 6.50. The molecule has 1 fully saturated rings. The number of likely N-dealkylation sites (tertiary alicyclic amines) is 1. The molecule has 19 heavy (non-hydrogen) atoms. The fourth-order valence-electron chi connectivity index (χ4n) is 2.81. The molecule has 0 radical (unpaired) electrons. The molecule has 1 aromatic rings. The summed E-state index contributed by atoms with van der Waals surface area (Å²) in [6, 6.07) is 6.88. The lowest BCUT2D eigenvalue weighted by molar-refractivity contribution is 0.290. The summed E-state index contributed by atoms with van der Waals surface area (Å²) in [5, 5.41) is 3.19. The Morgan fingerprint density at radius 1 is 1.26 bits per heavy atom. The first-order chi connectivity index (χ1) is 9.29. The zero-order chi connectivity index (χ0) is 13.5. The first kappa shape index (κ1) is 14.3. The summed E-state index contributed by atoms with van der Waals surface area (Å²) >= 11 is 0. The van der Waals surface area contributed by atoms with Crippen LogP contribution in [-0.2, 0) is 0 Å². The van der Waals surface area contributed by atoms with Gasteiger partial charge in [-0.25, -0.2) is 4.39 Å². The maximum atomic E-state index is 13.4. The van der Waals surface area contributed by atoms with Crippen molar-refractivity contribution in [1.29, 1.82) is 0 Å². The van der Waals surface area contributed by atoms with Crippen molar-refractivity contribution in [2.45, 2.75) is 32.6 Å². The summed E-state index contributed by atoms with van der Waals surface area (Å²) in [5.41, 5.74) is 0.615. The van der Waals surface area contributed by atoms with E-state index >= 15 is 0 Å². The number of anilines is 1. The van der Waals surface area contributed by atoms with Crippen molar-refractivity contribution in [3.63, 3.8) is 0 Å². The number of halogens is 1. The fourth-order valence-corrected chi connectivity index (χ4v) is 2.81. The number of rotatable bonds is 5. The molecule has 0 bridgehead atoms. The van der Waals surface area contributed by atoms with Crippen LogP contribution >= 0.6 is 0 Å². The number of nitrogens with zero attached hydrogens (tertiary/aromatic N) is 1. The quantitative estimate of drug-likeness (QED) is 0.871. The molecule has 1 aliphatic heterocycles. The molecule has 106 valence electrons. The van der Waals surface area contributed by atoms with E-state index < -0.39 is 0 Å². The second-order valence-electron chi connectivity index (χ2n) is 5.45. The van der Waals surface area contributed by atoms with Crippen LogP contribution in [0.4, 0.5) is 10.1 Å². The van der Waals surface area contributed by atoms with Crippen molar-refractivity contribution in [3.8, 4) is 0 Å². The van der Waals surface area contributed by atoms with Gasteiger partial charge in [0.25, 0.3) is 0 Å². The minimum absolute atomic E-state index is 0.163. The minimum Gasteiger partial charge on any atom is -0.381 e. The van der Waals surface area contributed by atoms with Gasteiger partial charge in [0.1, 0.15) is 5.82 Å². The molecule has 0 amide bonds. The second-order valence-corrected chi connectivity index (χ2v) is 5.45. The van der Waals surface area contributed by atoms with Crippen molar-refractivity contribution in [1.82, 2.24) is 4.90 Å². The number of nitrogens with one attached hydrogen (secondary N) is 1. The van der Waals surface area contributed by atoms with Gasteiger partial charge < -0.3 is 10.2 Å². The standard InChI is InChI=1S/C16H25FN2/c1-2-14-6-5-11-19(12-9-14)13-10-18-16-8-4-3-7-15(16)17/h3-4,7-8,14,18H,2,5-6,9-13H2,1H3. The van der Waals surface area contributed by atoms with Crippen molar-refractivity contribution in [3.05, 3.63) is 30.1 Å². The molecule has 1 heterocycles. The van der Waals surface area contributed by atoms with Crippen LogP contribution in [0.1, 0.15) is 32.6 Å². The minimum atomic E-state index is -0.163. The first-order valence-electron chi connectivity index (χ1n) is 7.50. The van der Waals surface area contributed by atoms with Gasteiger partial charge in [0.05, 0.1) is 5.69 Å². The van der Waals surface area contributed by atoms with Gasteiger partial charge in [-0.15, -0.1) is 0 Å². The summed E-state index contributed by atoms with van der Waals surface area (Å²) < 4.78 is 13.4. The van der Waals surface area contributed by atoms with Gasteiger partial charge in [0, 0.05) is 13.1 Å². The SMILES string of the molecule is CCC1CCCN(CCNc2ccccc2F)CC1. The van der Waals surface area contributed by atoms with Crippen LogP contribution in [0, 0.1) is 11.7 Å². The molecule has 0 spiro atoms. The highest BCUT2D eigenvalue weighted by atomic mass is 19.1. The van der Waals surface area contributed by atoms with Crippen LogP contribution in [0.25, 0.3) is 0 Å². The van der Waals surface area contributed by atoms with E-state index in [1.807, 2.05) is 6.07 Å². The van der Waals surface area contributed by atoms with E-state index in [4.69, 9.17) is 0 Å². The molecule has 0 aromatic heterocycles. The zero-order valence-corrected chi connectivity index (χ0v) is 11.9. The maximum absolute atomic E-state index is 13.4. The first-order valence-corrected chi connectivity index (χ1v) is 7.50. The summed E-state index contributed by atoms with van der Waals surface area (Å²) in [4.78, 5) is 2.50. The average Bonchev–Trinajstić information content (AvgIpc) is 2.66. The zero-order valence-electron chi connectivity index (χ0n) is 11.9. The van der Waals surface area contributed by atoms with Crippen molar-refractivity contribution >= 4 is 5.69 Å². The largest absolute Gasteiger partial charge is 0.381 e. The third-order valence-corrected chi connectivity index (χ3v) is 4.13. The summed E-state index contributed by atoms with van der Waals surface area (Å²) in [6.07, 6.45) is 5.30. The van der Waals surface area contributed by atoms with E-state index in [1.165, 1.54) is 44.8 Å². The normalized spacial score (nSPS) is 21.1. The van der Waals surface area contributed by atoms with Gasteiger partial charge in [-0.05, 0) is 50.4 Å². The van der Waals surface area contributed by atoms with Crippen LogP contribution in [-0.4, -0.2) is 31.1 Å². The van der Waals surface area contributed by atoms with Gasteiger partial charge in [0.15, 0.2) is 0 Å². The van der Waals surface area contributed by atoms with E-state index in [9.17, 15) is 4.39 Å². The third-order valence-electron chi connectivity index (χ3n) is 4.13.